The van der Waals surface area contributed by atoms with E-state index in [9.17, 15) is 9.90 Å². The topological polar surface area (TPSA) is 49.3 Å². The summed E-state index contributed by atoms with van der Waals surface area (Å²) in [6.07, 6.45) is 2.04. The van der Waals surface area contributed by atoms with Crippen LogP contribution in [0, 0.1) is 5.41 Å². The lowest BCUT2D eigenvalue weighted by molar-refractivity contribution is -0.120. The minimum atomic E-state index is -0.109. The Balaban J connectivity index is 1.78. The minimum Gasteiger partial charge on any atom is -0.396 e. The summed E-state index contributed by atoms with van der Waals surface area (Å²) in [5, 5.41) is 12.0. The quantitative estimate of drug-likeness (QED) is 0.774. The maximum Gasteiger partial charge on any atom is 0.233 e. The third-order valence-electron chi connectivity index (χ3n) is 3.36. The second-order valence-electron chi connectivity index (χ2n) is 4.95. The van der Waals surface area contributed by atoms with Gasteiger partial charge in [0.2, 0.25) is 5.91 Å². The molecule has 0 bridgehead atoms. The van der Waals surface area contributed by atoms with Gasteiger partial charge in [0, 0.05) is 16.9 Å². The first-order chi connectivity index (χ1) is 8.65. The van der Waals surface area contributed by atoms with Crippen LogP contribution in [0.1, 0.15) is 19.8 Å². The molecule has 98 valence electrons. The maximum atomic E-state index is 11.9. The summed E-state index contributed by atoms with van der Waals surface area (Å²) < 4.78 is 0. The van der Waals surface area contributed by atoms with Gasteiger partial charge in [0.1, 0.15) is 0 Å². The zero-order valence-corrected chi connectivity index (χ0v) is 11.4. The molecule has 0 heterocycles. The van der Waals surface area contributed by atoms with Crippen molar-refractivity contribution in [1.29, 1.82) is 0 Å². The molecule has 1 fully saturated rings. The highest BCUT2D eigenvalue weighted by molar-refractivity contribution is 8.00. The number of benzene rings is 1. The molecular weight excluding hydrogens is 246 g/mol. The Labute approximate surface area is 112 Å². The minimum absolute atomic E-state index is 0.0210. The van der Waals surface area contributed by atoms with Crippen molar-refractivity contribution < 1.29 is 9.90 Å². The first-order valence-electron chi connectivity index (χ1n) is 6.25. The molecule has 4 heteroatoms. The van der Waals surface area contributed by atoms with Crippen molar-refractivity contribution in [3.8, 4) is 0 Å². The van der Waals surface area contributed by atoms with Gasteiger partial charge in [0.15, 0.2) is 0 Å². The summed E-state index contributed by atoms with van der Waals surface area (Å²) in [5.41, 5.74) is -0.0210. The fourth-order valence-corrected chi connectivity index (χ4v) is 2.66. The van der Waals surface area contributed by atoms with E-state index in [0.29, 0.717) is 6.54 Å². The Kier molecular flexibility index (Phi) is 4.30. The van der Waals surface area contributed by atoms with Crippen molar-refractivity contribution in [3.05, 3.63) is 30.3 Å². The molecule has 2 N–H and O–H groups in total. The second kappa shape index (κ2) is 5.76. The first-order valence-corrected chi connectivity index (χ1v) is 7.13. The SMILES string of the molecule is CC(Sc1ccccc1)C(=O)NCC1(CO)CC1. The maximum absolute atomic E-state index is 11.9. The summed E-state index contributed by atoms with van der Waals surface area (Å²) in [5.74, 6) is 0.0450. The van der Waals surface area contributed by atoms with Crippen molar-refractivity contribution in [2.24, 2.45) is 5.41 Å². The molecule has 1 aliphatic carbocycles. The van der Waals surface area contributed by atoms with Crippen molar-refractivity contribution in [2.45, 2.75) is 29.9 Å². The van der Waals surface area contributed by atoms with Crippen LogP contribution >= 0.6 is 11.8 Å². The zero-order valence-electron chi connectivity index (χ0n) is 10.6. The second-order valence-corrected chi connectivity index (χ2v) is 6.36. The average Bonchev–Trinajstić information content (AvgIpc) is 3.18. The Hall–Kier alpha value is -1.00. The molecule has 0 spiro atoms. The lowest BCUT2D eigenvalue weighted by atomic mass is 10.1. The zero-order chi connectivity index (χ0) is 13.0. The standard InChI is InChI=1S/C14H19NO2S/c1-11(18-12-5-3-2-4-6-12)13(17)15-9-14(10-16)7-8-14/h2-6,11,16H,7-10H2,1H3,(H,15,17). The van der Waals surface area contributed by atoms with E-state index in [-0.39, 0.29) is 23.2 Å². The number of hydrogen-bond acceptors (Lipinski definition) is 3. The van der Waals surface area contributed by atoms with E-state index in [0.717, 1.165) is 17.7 Å². The smallest absolute Gasteiger partial charge is 0.233 e. The van der Waals surface area contributed by atoms with Crippen molar-refractivity contribution >= 4 is 17.7 Å². The highest BCUT2D eigenvalue weighted by atomic mass is 32.2. The molecule has 3 nitrogen and oxygen atoms in total. The lowest BCUT2D eigenvalue weighted by Crippen LogP contribution is -2.36. The van der Waals surface area contributed by atoms with Gasteiger partial charge in [-0.2, -0.15) is 0 Å². The molecule has 1 amide bonds. The molecule has 1 saturated carbocycles. The number of amides is 1. The van der Waals surface area contributed by atoms with E-state index in [1.54, 1.807) is 11.8 Å². The van der Waals surface area contributed by atoms with Gasteiger partial charge in [0.05, 0.1) is 11.9 Å². The van der Waals surface area contributed by atoms with Crippen LogP contribution in [0.4, 0.5) is 0 Å². The van der Waals surface area contributed by atoms with Gasteiger partial charge in [-0.25, -0.2) is 0 Å². The Morgan fingerprint density at radius 3 is 2.67 bits per heavy atom. The van der Waals surface area contributed by atoms with Gasteiger partial charge in [-0.05, 0) is 31.9 Å². The number of aliphatic hydroxyl groups is 1. The largest absolute Gasteiger partial charge is 0.396 e. The van der Waals surface area contributed by atoms with Crippen LogP contribution in [-0.4, -0.2) is 29.4 Å². The van der Waals surface area contributed by atoms with E-state index < -0.39 is 0 Å². The van der Waals surface area contributed by atoms with Gasteiger partial charge < -0.3 is 10.4 Å². The molecule has 1 atom stereocenters. The fraction of sp³-hybridized carbons (Fsp3) is 0.500. The van der Waals surface area contributed by atoms with Crippen LogP contribution in [0.25, 0.3) is 0 Å². The number of carbonyl (C=O) groups excluding carboxylic acids is 1. The van der Waals surface area contributed by atoms with Crippen LogP contribution in [0.3, 0.4) is 0 Å². The number of hydrogen-bond donors (Lipinski definition) is 2. The van der Waals surface area contributed by atoms with E-state index >= 15 is 0 Å². The summed E-state index contributed by atoms with van der Waals surface area (Å²) in [7, 11) is 0. The van der Waals surface area contributed by atoms with Crippen LogP contribution in [-0.2, 0) is 4.79 Å². The third-order valence-corrected chi connectivity index (χ3v) is 4.47. The van der Waals surface area contributed by atoms with Gasteiger partial charge in [0.25, 0.3) is 0 Å². The van der Waals surface area contributed by atoms with Crippen molar-refractivity contribution in [2.75, 3.05) is 13.2 Å². The van der Waals surface area contributed by atoms with E-state index in [4.69, 9.17) is 0 Å². The molecule has 1 aromatic rings. The summed E-state index contributed by atoms with van der Waals surface area (Å²) in [6.45, 7) is 2.68. The predicted octanol–water partition coefficient (Wildman–Crippen LogP) is 2.06. The molecule has 1 unspecified atom stereocenters. The van der Waals surface area contributed by atoms with Gasteiger partial charge in [-0.3, -0.25) is 4.79 Å². The molecule has 0 aliphatic heterocycles. The van der Waals surface area contributed by atoms with Crippen LogP contribution < -0.4 is 5.32 Å². The molecule has 0 saturated heterocycles. The van der Waals surface area contributed by atoms with E-state index in [1.807, 2.05) is 37.3 Å². The molecule has 2 rings (SSSR count). The van der Waals surface area contributed by atoms with Crippen LogP contribution in [0.2, 0.25) is 0 Å². The first kappa shape index (κ1) is 13.4. The Morgan fingerprint density at radius 2 is 2.11 bits per heavy atom. The van der Waals surface area contributed by atoms with Crippen molar-refractivity contribution in [3.63, 3.8) is 0 Å². The predicted molar refractivity (Wildman–Crippen MR) is 73.5 cm³/mol. The number of carbonyl (C=O) groups is 1. The Morgan fingerprint density at radius 1 is 1.44 bits per heavy atom. The molecule has 0 aromatic heterocycles. The summed E-state index contributed by atoms with van der Waals surface area (Å²) in [4.78, 5) is 13.0. The van der Waals surface area contributed by atoms with Gasteiger partial charge >= 0.3 is 0 Å². The van der Waals surface area contributed by atoms with Crippen molar-refractivity contribution in [1.82, 2.24) is 5.32 Å². The number of aliphatic hydroxyl groups excluding tert-OH is 1. The number of rotatable bonds is 6. The molecular formula is C14H19NO2S. The van der Waals surface area contributed by atoms with Crippen LogP contribution in [0.5, 0.6) is 0 Å². The average molecular weight is 265 g/mol. The third kappa shape index (κ3) is 3.50. The van der Waals surface area contributed by atoms with Gasteiger partial charge in [-0.15, -0.1) is 11.8 Å². The summed E-state index contributed by atoms with van der Waals surface area (Å²) >= 11 is 1.56. The molecule has 18 heavy (non-hydrogen) atoms. The summed E-state index contributed by atoms with van der Waals surface area (Å²) in [6, 6.07) is 9.91. The highest BCUT2D eigenvalue weighted by Crippen LogP contribution is 2.44. The highest BCUT2D eigenvalue weighted by Gasteiger charge is 2.42. The molecule has 1 aromatic carbocycles. The fourth-order valence-electron chi connectivity index (χ4n) is 1.74. The van der Waals surface area contributed by atoms with E-state index in [2.05, 4.69) is 5.32 Å². The van der Waals surface area contributed by atoms with Crippen LogP contribution in [0.15, 0.2) is 35.2 Å². The molecule has 0 radical (unpaired) electrons. The molecule has 1 aliphatic rings. The normalized spacial score (nSPS) is 18.1. The lowest BCUT2D eigenvalue weighted by Gasteiger charge is -2.16. The number of nitrogens with one attached hydrogen (secondary N) is 1. The van der Waals surface area contributed by atoms with Gasteiger partial charge in [-0.1, -0.05) is 18.2 Å². The van der Waals surface area contributed by atoms with E-state index in [1.165, 1.54) is 0 Å². The Bertz CT molecular complexity index is 404. The number of thioether (sulfide) groups is 1. The monoisotopic (exact) mass is 265 g/mol.